The lowest BCUT2D eigenvalue weighted by Crippen LogP contribution is -2.30. The zero-order valence-electron chi connectivity index (χ0n) is 38.8. The van der Waals surface area contributed by atoms with E-state index in [1.807, 2.05) is 0 Å². The van der Waals surface area contributed by atoms with Crippen molar-refractivity contribution in [3.63, 3.8) is 0 Å². The summed E-state index contributed by atoms with van der Waals surface area (Å²) in [5.41, 5.74) is 0. The summed E-state index contributed by atoms with van der Waals surface area (Å²) in [6, 6.07) is 0. The number of allylic oxidation sites excluding steroid dienone is 10. The summed E-state index contributed by atoms with van der Waals surface area (Å²) >= 11 is 0. The van der Waals surface area contributed by atoms with E-state index < -0.39 is 6.10 Å². The summed E-state index contributed by atoms with van der Waals surface area (Å²) < 4.78 is 16.7. The molecule has 0 saturated heterocycles. The Labute approximate surface area is 364 Å². The van der Waals surface area contributed by atoms with Gasteiger partial charge < -0.3 is 14.2 Å². The van der Waals surface area contributed by atoms with Crippen LogP contribution in [0.15, 0.2) is 60.8 Å². The Hall–Kier alpha value is -2.89. The van der Waals surface area contributed by atoms with E-state index in [9.17, 15) is 14.4 Å². The van der Waals surface area contributed by atoms with E-state index in [2.05, 4.69) is 81.5 Å². The molecule has 0 heterocycles. The van der Waals surface area contributed by atoms with Gasteiger partial charge in [0.05, 0.1) is 0 Å². The van der Waals surface area contributed by atoms with Gasteiger partial charge in [0.25, 0.3) is 0 Å². The van der Waals surface area contributed by atoms with Crippen molar-refractivity contribution in [3.05, 3.63) is 60.8 Å². The van der Waals surface area contributed by atoms with Gasteiger partial charge in [-0.05, 0) is 83.5 Å². The molecule has 0 aromatic rings. The molecule has 59 heavy (non-hydrogen) atoms. The van der Waals surface area contributed by atoms with E-state index >= 15 is 0 Å². The molecule has 0 aromatic heterocycles. The number of unbranched alkanes of at least 4 members (excludes halogenated alkanes) is 23. The fourth-order valence-electron chi connectivity index (χ4n) is 6.78. The summed E-state index contributed by atoms with van der Waals surface area (Å²) in [5.74, 6) is -0.939. The largest absolute Gasteiger partial charge is 0.462 e. The minimum absolute atomic E-state index is 0.0911. The first-order valence-corrected chi connectivity index (χ1v) is 24.8. The summed E-state index contributed by atoms with van der Waals surface area (Å²) in [5, 5.41) is 0. The molecule has 6 nitrogen and oxygen atoms in total. The van der Waals surface area contributed by atoms with E-state index in [0.29, 0.717) is 19.3 Å². The third-order valence-corrected chi connectivity index (χ3v) is 10.5. The van der Waals surface area contributed by atoms with E-state index in [1.165, 1.54) is 116 Å². The second-order valence-corrected chi connectivity index (χ2v) is 16.3. The quantitative estimate of drug-likeness (QED) is 0.0263. The SMILES string of the molecule is CC/C=C\C/C=C\C/C=C\C/C=C\CCCCC(=O)O[C@@H](COC(=O)CCCCCCCCC/C=C\CCCCCCCC)COC(=O)CCCCCCCCCCC. The molecule has 1 atom stereocenters. The molecule has 0 radical (unpaired) electrons. The van der Waals surface area contributed by atoms with E-state index in [-0.39, 0.29) is 37.5 Å². The van der Waals surface area contributed by atoms with E-state index in [4.69, 9.17) is 14.2 Å². The molecule has 0 aliphatic carbocycles. The monoisotopic (exact) mass is 825 g/mol. The summed E-state index contributed by atoms with van der Waals surface area (Å²) in [6.45, 7) is 6.46. The molecule has 0 N–H and O–H groups in total. The van der Waals surface area contributed by atoms with Crippen molar-refractivity contribution >= 4 is 17.9 Å². The molecule has 0 spiro atoms. The second-order valence-electron chi connectivity index (χ2n) is 16.3. The zero-order chi connectivity index (χ0) is 43.0. The first-order valence-electron chi connectivity index (χ1n) is 24.8. The highest BCUT2D eigenvalue weighted by Crippen LogP contribution is 2.14. The maximum absolute atomic E-state index is 12.7. The molecule has 0 aromatic carbocycles. The Bertz CT molecular complexity index is 1090. The predicted octanol–water partition coefficient (Wildman–Crippen LogP) is 16.1. The van der Waals surface area contributed by atoms with Crippen LogP contribution in [0.25, 0.3) is 0 Å². The lowest BCUT2D eigenvalue weighted by molar-refractivity contribution is -0.167. The summed E-state index contributed by atoms with van der Waals surface area (Å²) in [6.07, 6.45) is 57.8. The molecule has 0 saturated carbocycles. The van der Waals surface area contributed by atoms with Crippen molar-refractivity contribution in [1.29, 1.82) is 0 Å². The first kappa shape index (κ1) is 56.1. The fraction of sp³-hybridized carbons (Fsp3) is 0.755. The third-order valence-electron chi connectivity index (χ3n) is 10.5. The average Bonchev–Trinajstić information content (AvgIpc) is 3.23. The Kier molecular flexibility index (Phi) is 45.4. The van der Waals surface area contributed by atoms with Crippen LogP contribution in [0.4, 0.5) is 0 Å². The number of carbonyl (C=O) groups excluding carboxylic acids is 3. The minimum Gasteiger partial charge on any atom is -0.462 e. The van der Waals surface area contributed by atoms with Crippen LogP contribution in [0.3, 0.4) is 0 Å². The topological polar surface area (TPSA) is 78.9 Å². The Balaban J connectivity index is 4.39. The van der Waals surface area contributed by atoms with E-state index in [0.717, 1.165) is 77.0 Å². The normalized spacial score (nSPS) is 12.5. The maximum Gasteiger partial charge on any atom is 0.306 e. The molecular formula is C53H92O6. The van der Waals surface area contributed by atoms with Gasteiger partial charge in [-0.3, -0.25) is 14.4 Å². The van der Waals surface area contributed by atoms with Crippen molar-refractivity contribution < 1.29 is 28.6 Å². The fourth-order valence-corrected chi connectivity index (χ4v) is 6.78. The van der Waals surface area contributed by atoms with Crippen LogP contribution >= 0.6 is 0 Å². The second kappa shape index (κ2) is 47.8. The molecule has 340 valence electrons. The van der Waals surface area contributed by atoms with Crippen LogP contribution in [-0.4, -0.2) is 37.2 Å². The van der Waals surface area contributed by atoms with Gasteiger partial charge in [0, 0.05) is 19.3 Å². The standard InChI is InChI=1S/C53H92O6/c1-4-7-10-13-16-19-21-23-25-26-28-29-31-34-37-40-43-46-52(55)58-49-50(48-57-51(54)45-42-39-36-33-18-15-12-9-6-3)59-53(56)47-44-41-38-35-32-30-27-24-22-20-17-14-11-8-5-2/h8,11,17,20,23-25,27,32,35,50H,4-7,9-10,12-16,18-19,21-22,26,28-31,33-34,36-49H2,1-3H3/b11-8-,20-17-,25-23-,27-24-,35-32-/t50-/m1/s1. The van der Waals surface area contributed by atoms with Crippen molar-refractivity contribution in [3.8, 4) is 0 Å². The van der Waals surface area contributed by atoms with Crippen LogP contribution in [0.5, 0.6) is 0 Å². The molecule has 6 heteroatoms. The lowest BCUT2D eigenvalue weighted by atomic mass is 10.1. The molecule has 0 aliphatic heterocycles. The molecule has 0 fully saturated rings. The van der Waals surface area contributed by atoms with Crippen LogP contribution in [0.2, 0.25) is 0 Å². The van der Waals surface area contributed by atoms with Gasteiger partial charge in [-0.25, -0.2) is 0 Å². The van der Waals surface area contributed by atoms with Crippen LogP contribution in [0, 0.1) is 0 Å². The molecule has 0 unspecified atom stereocenters. The van der Waals surface area contributed by atoms with Gasteiger partial charge in [0.2, 0.25) is 0 Å². The van der Waals surface area contributed by atoms with Crippen molar-refractivity contribution in [2.45, 2.75) is 245 Å². The smallest absolute Gasteiger partial charge is 0.306 e. The molecule has 0 amide bonds. The lowest BCUT2D eigenvalue weighted by Gasteiger charge is -2.18. The zero-order valence-corrected chi connectivity index (χ0v) is 38.8. The predicted molar refractivity (Wildman–Crippen MR) is 251 cm³/mol. The molecule has 0 aliphatic rings. The summed E-state index contributed by atoms with van der Waals surface area (Å²) in [7, 11) is 0. The Morgan fingerprint density at radius 3 is 1.08 bits per heavy atom. The van der Waals surface area contributed by atoms with Gasteiger partial charge in [-0.1, -0.05) is 197 Å². The molecule has 0 bridgehead atoms. The third kappa shape index (κ3) is 46.0. The number of hydrogen-bond donors (Lipinski definition) is 0. The Morgan fingerprint density at radius 1 is 0.356 bits per heavy atom. The van der Waals surface area contributed by atoms with Gasteiger partial charge >= 0.3 is 17.9 Å². The highest BCUT2D eigenvalue weighted by Gasteiger charge is 2.19. The van der Waals surface area contributed by atoms with Crippen molar-refractivity contribution in [1.82, 2.24) is 0 Å². The van der Waals surface area contributed by atoms with Crippen molar-refractivity contribution in [2.75, 3.05) is 13.2 Å². The van der Waals surface area contributed by atoms with Crippen LogP contribution in [-0.2, 0) is 28.6 Å². The van der Waals surface area contributed by atoms with Gasteiger partial charge in [-0.2, -0.15) is 0 Å². The average molecular weight is 825 g/mol. The summed E-state index contributed by atoms with van der Waals surface area (Å²) in [4.78, 5) is 37.8. The van der Waals surface area contributed by atoms with Crippen molar-refractivity contribution in [2.24, 2.45) is 0 Å². The number of carbonyl (C=O) groups is 3. The first-order chi connectivity index (χ1) is 29.0. The highest BCUT2D eigenvalue weighted by atomic mass is 16.6. The highest BCUT2D eigenvalue weighted by molar-refractivity contribution is 5.71. The Morgan fingerprint density at radius 2 is 0.661 bits per heavy atom. The van der Waals surface area contributed by atoms with Gasteiger partial charge in [0.15, 0.2) is 6.10 Å². The minimum atomic E-state index is -0.793. The molecular weight excluding hydrogens is 733 g/mol. The number of esters is 3. The van der Waals surface area contributed by atoms with Crippen LogP contribution < -0.4 is 0 Å². The number of rotatable bonds is 44. The van der Waals surface area contributed by atoms with E-state index in [1.54, 1.807) is 0 Å². The van der Waals surface area contributed by atoms with Gasteiger partial charge in [0.1, 0.15) is 13.2 Å². The van der Waals surface area contributed by atoms with Gasteiger partial charge in [-0.15, -0.1) is 0 Å². The molecule has 0 rings (SSSR count). The number of hydrogen-bond acceptors (Lipinski definition) is 6. The maximum atomic E-state index is 12.7. The number of ether oxygens (including phenoxy) is 3. The van der Waals surface area contributed by atoms with Crippen LogP contribution in [0.1, 0.15) is 239 Å².